The first kappa shape index (κ1) is 24.2. The van der Waals surface area contributed by atoms with E-state index in [2.05, 4.69) is 9.39 Å². The van der Waals surface area contributed by atoms with Crippen molar-refractivity contribution < 1.29 is 19.0 Å². The average Bonchev–Trinajstić information content (AvgIpc) is 3.23. The number of aliphatic imine (C=N–C) groups is 1. The van der Waals surface area contributed by atoms with Crippen LogP contribution in [0.1, 0.15) is 12.5 Å². The number of amides is 1. The number of carbonyl (C=O) groups is 1. The molecule has 0 atom stereocenters. The summed E-state index contributed by atoms with van der Waals surface area (Å²) < 4.78 is 21.2. The monoisotopic (exact) mass is 516 g/mol. The van der Waals surface area contributed by atoms with Crippen molar-refractivity contribution in [3.63, 3.8) is 0 Å². The van der Waals surface area contributed by atoms with E-state index in [-0.39, 0.29) is 18.0 Å². The van der Waals surface area contributed by atoms with Crippen LogP contribution in [-0.2, 0) is 4.79 Å². The summed E-state index contributed by atoms with van der Waals surface area (Å²) in [4.78, 5) is 18.3. The molecular formula is C23H21ClN4O4S2. The predicted octanol–water partition coefficient (Wildman–Crippen LogP) is 5.14. The number of hydrogen-bond acceptors (Lipinski definition) is 8. The highest BCUT2D eigenvalue weighted by atomic mass is 35.5. The minimum absolute atomic E-state index is 0.0215. The van der Waals surface area contributed by atoms with E-state index in [0.717, 1.165) is 23.5 Å². The van der Waals surface area contributed by atoms with Crippen molar-refractivity contribution in [1.82, 2.24) is 4.90 Å². The Morgan fingerprint density at radius 3 is 2.71 bits per heavy atom. The first-order valence-electron chi connectivity index (χ1n) is 10.3. The first-order valence-corrected chi connectivity index (χ1v) is 12.4. The fraction of sp³-hybridized carbons (Fsp3) is 0.217. The summed E-state index contributed by atoms with van der Waals surface area (Å²) in [6, 6.07) is 12.8. The Bertz CT molecular complexity index is 1200. The van der Waals surface area contributed by atoms with Crippen LogP contribution in [0.15, 0.2) is 57.4 Å². The van der Waals surface area contributed by atoms with Crippen LogP contribution in [0.5, 0.6) is 17.2 Å². The van der Waals surface area contributed by atoms with Gasteiger partial charge in [0.2, 0.25) is 5.17 Å². The smallest absolute Gasteiger partial charge is 0.283 e. The first-order chi connectivity index (χ1) is 16.5. The van der Waals surface area contributed by atoms with E-state index in [4.69, 9.17) is 31.2 Å². The zero-order valence-electron chi connectivity index (χ0n) is 18.4. The molecule has 0 saturated carbocycles. The second-order valence-electron chi connectivity index (χ2n) is 6.88. The summed E-state index contributed by atoms with van der Waals surface area (Å²) in [5, 5.41) is 9.92. The van der Waals surface area contributed by atoms with Crippen LogP contribution in [-0.4, -0.2) is 53.1 Å². The second kappa shape index (κ2) is 11.0. The Morgan fingerprint density at radius 1 is 1.21 bits per heavy atom. The Kier molecular flexibility index (Phi) is 7.81. The highest BCUT2D eigenvalue weighted by Gasteiger charge is 2.37. The van der Waals surface area contributed by atoms with Gasteiger partial charge in [0.1, 0.15) is 24.8 Å². The normalized spacial score (nSPS) is 16.3. The van der Waals surface area contributed by atoms with Crippen molar-refractivity contribution >= 4 is 63.5 Å². The molecule has 2 aromatic carbocycles. The van der Waals surface area contributed by atoms with E-state index in [1.165, 1.54) is 18.9 Å². The molecule has 4 rings (SSSR count). The minimum atomic E-state index is -0.504. The summed E-state index contributed by atoms with van der Waals surface area (Å²) in [5.74, 6) is 1.83. The van der Waals surface area contributed by atoms with Crippen LogP contribution < -0.4 is 14.2 Å². The summed E-state index contributed by atoms with van der Waals surface area (Å²) in [5.41, 5.74) is 0.716. The van der Waals surface area contributed by atoms with Crippen molar-refractivity contribution in [3.8, 4) is 17.2 Å². The lowest BCUT2D eigenvalue weighted by molar-refractivity contribution is -0.114. The molecule has 34 heavy (non-hydrogen) atoms. The number of hydrogen-bond donors (Lipinski definition) is 1. The lowest BCUT2D eigenvalue weighted by Gasteiger charge is -2.24. The van der Waals surface area contributed by atoms with E-state index in [1.807, 2.05) is 37.3 Å². The number of methoxy groups -OCH3 is 1. The molecule has 0 spiro atoms. The average molecular weight is 517 g/mol. The third-order valence-electron chi connectivity index (χ3n) is 4.67. The van der Waals surface area contributed by atoms with Crippen LogP contribution in [0.25, 0.3) is 6.08 Å². The number of nitrogens with one attached hydrogen (secondary N) is 1. The summed E-state index contributed by atoms with van der Waals surface area (Å²) in [6.07, 6.45) is 1.57. The Balaban J connectivity index is 1.51. The molecule has 8 nitrogen and oxygen atoms in total. The summed E-state index contributed by atoms with van der Waals surface area (Å²) in [7, 11) is 1.51. The van der Waals surface area contributed by atoms with Crippen molar-refractivity contribution in [2.45, 2.75) is 6.92 Å². The molecule has 0 aromatic heterocycles. The van der Waals surface area contributed by atoms with Gasteiger partial charge in [0.05, 0.1) is 29.7 Å². The number of carbonyl (C=O) groups excluding carboxylic acids is 1. The standard InChI is InChI=1S/C23H21ClN4O4S2/c1-3-33-23-27-34-22-26-21(29)16(20(25)28(22)23)11-14-12-17(24)19(18(13-14)30-2)32-10-9-31-15-7-5-4-6-8-15/h4-8,11-13,25H,3,9-10H2,1-2H3/b16-11-,25-20?. The Labute approximate surface area is 210 Å². The third kappa shape index (κ3) is 5.24. The number of thioether (sulfide) groups is 1. The van der Waals surface area contributed by atoms with Gasteiger partial charge in [-0.25, -0.2) is 4.90 Å². The molecule has 2 aromatic rings. The largest absolute Gasteiger partial charge is 0.493 e. The molecule has 2 aliphatic rings. The fourth-order valence-corrected chi connectivity index (χ4v) is 5.02. The quantitative estimate of drug-likeness (QED) is 0.295. The molecule has 1 amide bonds. The van der Waals surface area contributed by atoms with Gasteiger partial charge in [0, 0.05) is 0 Å². The maximum atomic E-state index is 12.6. The van der Waals surface area contributed by atoms with Gasteiger partial charge in [-0.3, -0.25) is 10.2 Å². The molecular weight excluding hydrogens is 496 g/mol. The zero-order chi connectivity index (χ0) is 24.1. The number of nitrogens with zero attached hydrogens (tertiary/aromatic N) is 3. The lowest BCUT2D eigenvalue weighted by atomic mass is 10.1. The van der Waals surface area contributed by atoms with Crippen LogP contribution >= 0.6 is 35.3 Å². The van der Waals surface area contributed by atoms with Gasteiger partial charge >= 0.3 is 0 Å². The van der Waals surface area contributed by atoms with Crippen molar-refractivity contribution in [2.24, 2.45) is 9.39 Å². The maximum Gasteiger partial charge on any atom is 0.283 e. The molecule has 0 bridgehead atoms. The summed E-state index contributed by atoms with van der Waals surface area (Å²) >= 11 is 9.05. The van der Waals surface area contributed by atoms with Gasteiger partial charge in [-0.05, 0) is 41.7 Å². The van der Waals surface area contributed by atoms with E-state index in [9.17, 15) is 4.79 Å². The van der Waals surface area contributed by atoms with Crippen molar-refractivity contribution in [3.05, 3.63) is 58.6 Å². The molecule has 0 aliphatic carbocycles. The zero-order valence-corrected chi connectivity index (χ0v) is 20.8. The van der Waals surface area contributed by atoms with E-state index >= 15 is 0 Å². The Hall–Kier alpha value is -2.95. The molecule has 11 heteroatoms. The molecule has 2 heterocycles. The fourth-order valence-electron chi connectivity index (χ4n) is 3.17. The van der Waals surface area contributed by atoms with Crippen LogP contribution in [0, 0.1) is 5.41 Å². The number of benzene rings is 2. The molecule has 0 fully saturated rings. The van der Waals surface area contributed by atoms with E-state index in [1.54, 1.807) is 23.1 Å². The SMILES string of the molecule is CCSC1=NSC2=NC(=O)/C(=C\c3cc(Cl)c(OCCOc4ccccc4)c(OC)c3)C(=N)N12. The van der Waals surface area contributed by atoms with Gasteiger partial charge in [-0.2, -0.15) is 9.39 Å². The topological polar surface area (TPSA) is 96.6 Å². The highest BCUT2D eigenvalue weighted by molar-refractivity contribution is 8.19. The Morgan fingerprint density at radius 2 is 1.97 bits per heavy atom. The summed E-state index contributed by atoms with van der Waals surface area (Å²) in [6.45, 7) is 2.58. The number of ether oxygens (including phenoxy) is 3. The van der Waals surface area contributed by atoms with Crippen LogP contribution in [0.4, 0.5) is 0 Å². The molecule has 1 N–H and O–H groups in total. The van der Waals surface area contributed by atoms with Crippen molar-refractivity contribution in [1.29, 1.82) is 5.41 Å². The van der Waals surface area contributed by atoms with E-state index in [0.29, 0.717) is 39.0 Å². The number of halogens is 1. The van der Waals surface area contributed by atoms with Crippen molar-refractivity contribution in [2.75, 3.05) is 26.1 Å². The van der Waals surface area contributed by atoms with Crippen LogP contribution in [0.2, 0.25) is 5.02 Å². The number of rotatable bonds is 8. The van der Waals surface area contributed by atoms with Gasteiger partial charge in [0.25, 0.3) is 5.91 Å². The molecule has 176 valence electrons. The number of amidine groups is 3. The number of para-hydroxylation sites is 1. The maximum absolute atomic E-state index is 12.6. The van der Waals surface area contributed by atoms with Gasteiger partial charge in [-0.1, -0.05) is 48.5 Å². The van der Waals surface area contributed by atoms with E-state index < -0.39 is 5.91 Å². The van der Waals surface area contributed by atoms with Gasteiger partial charge in [0.15, 0.2) is 16.7 Å². The third-order valence-corrected chi connectivity index (χ3v) is 6.59. The van der Waals surface area contributed by atoms with Gasteiger partial charge < -0.3 is 14.2 Å². The molecule has 0 unspecified atom stereocenters. The molecule has 2 aliphatic heterocycles. The molecule has 0 radical (unpaired) electrons. The molecule has 0 saturated heterocycles. The number of fused-ring (bicyclic) bond motifs is 1. The lowest BCUT2D eigenvalue weighted by Crippen LogP contribution is -2.41. The highest BCUT2D eigenvalue weighted by Crippen LogP contribution is 2.38. The predicted molar refractivity (Wildman–Crippen MR) is 139 cm³/mol. The van der Waals surface area contributed by atoms with Gasteiger partial charge in [-0.15, -0.1) is 0 Å². The minimum Gasteiger partial charge on any atom is -0.493 e. The van der Waals surface area contributed by atoms with Crippen LogP contribution in [0.3, 0.4) is 0 Å². The second-order valence-corrected chi connectivity index (χ2v) is 9.25.